The van der Waals surface area contributed by atoms with Gasteiger partial charge >= 0.3 is 0 Å². The zero-order valence-electron chi connectivity index (χ0n) is 15.7. The number of hydrogen-bond acceptors (Lipinski definition) is 1. The lowest BCUT2D eigenvalue weighted by molar-refractivity contribution is 0.894. The molecule has 1 heterocycles. The molecule has 0 saturated carbocycles. The van der Waals surface area contributed by atoms with Gasteiger partial charge in [0.1, 0.15) is 0 Å². The number of fused-ring (bicyclic) bond motifs is 2. The Morgan fingerprint density at radius 2 is 1.36 bits per heavy atom. The van der Waals surface area contributed by atoms with Crippen molar-refractivity contribution in [3.8, 4) is 11.1 Å². The smallest absolute Gasteiger partial charge is 0.0553 e. The summed E-state index contributed by atoms with van der Waals surface area (Å²) in [7, 11) is 0. The molecule has 0 saturated heterocycles. The topological polar surface area (TPSA) is 17.3 Å². The van der Waals surface area contributed by atoms with E-state index in [0.717, 1.165) is 5.56 Å². The molecule has 0 amide bonds. The number of rotatable bonds is 3. The fourth-order valence-corrected chi connectivity index (χ4v) is 3.90. The number of benzene rings is 4. The van der Waals surface area contributed by atoms with E-state index in [1.165, 1.54) is 38.2 Å². The van der Waals surface area contributed by atoms with Gasteiger partial charge in [0.25, 0.3) is 0 Å². The largest absolute Gasteiger partial charge is 0.248 e. The second-order valence-corrected chi connectivity index (χ2v) is 7.02. The minimum absolute atomic E-state index is 1.13. The molecule has 0 radical (unpaired) electrons. The SMILES string of the molecule is Cc1c(/C=N/n2cccc2)cccc1-c1c2ccccc2cc2ccccc12. The molecule has 5 aromatic rings. The standard InChI is InChI=1S/C26H20N2/c1-19-22(18-27-28-15-6-7-16-28)11-8-14-23(19)26-24-12-4-2-9-20(24)17-21-10-3-5-13-25(21)26/h2-18H,1H3/b27-18+. The van der Waals surface area contributed by atoms with Crippen LogP contribution in [0.2, 0.25) is 0 Å². The molecule has 0 fully saturated rings. The molecular formula is C26H20N2. The zero-order valence-corrected chi connectivity index (χ0v) is 15.7. The Morgan fingerprint density at radius 1 is 0.714 bits per heavy atom. The molecule has 0 aliphatic rings. The second kappa shape index (κ2) is 6.82. The van der Waals surface area contributed by atoms with Crippen LogP contribution in [0.1, 0.15) is 11.1 Å². The lowest BCUT2D eigenvalue weighted by atomic mass is 9.89. The van der Waals surface area contributed by atoms with Gasteiger partial charge in [-0.1, -0.05) is 66.7 Å². The van der Waals surface area contributed by atoms with Crippen LogP contribution in [0.3, 0.4) is 0 Å². The molecule has 134 valence electrons. The first-order valence-corrected chi connectivity index (χ1v) is 9.49. The van der Waals surface area contributed by atoms with E-state index in [1.807, 2.05) is 35.4 Å². The molecule has 1 aromatic heterocycles. The highest BCUT2D eigenvalue weighted by Gasteiger charge is 2.12. The van der Waals surface area contributed by atoms with E-state index in [0.29, 0.717) is 0 Å². The Labute approximate surface area is 164 Å². The van der Waals surface area contributed by atoms with Crippen LogP contribution in [-0.4, -0.2) is 10.9 Å². The van der Waals surface area contributed by atoms with Crippen LogP contribution in [-0.2, 0) is 0 Å². The van der Waals surface area contributed by atoms with E-state index in [9.17, 15) is 0 Å². The summed E-state index contributed by atoms with van der Waals surface area (Å²) >= 11 is 0. The van der Waals surface area contributed by atoms with Crippen molar-refractivity contribution in [2.45, 2.75) is 6.92 Å². The fourth-order valence-electron chi connectivity index (χ4n) is 3.90. The maximum Gasteiger partial charge on any atom is 0.0553 e. The number of aromatic nitrogens is 1. The van der Waals surface area contributed by atoms with Crippen molar-refractivity contribution in [2.24, 2.45) is 5.10 Å². The third-order valence-electron chi connectivity index (χ3n) is 5.34. The summed E-state index contributed by atoms with van der Waals surface area (Å²) in [5.41, 5.74) is 4.91. The van der Waals surface area contributed by atoms with Crippen LogP contribution in [0.4, 0.5) is 0 Å². The summed E-state index contributed by atoms with van der Waals surface area (Å²) in [4.78, 5) is 0. The Balaban J connectivity index is 1.77. The molecule has 0 N–H and O–H groups in total. The van der Waals surface area contributed by atoms with Crippen LogP contribution < -0.4 is 0 Å². The minimum atomic E-state index is 1.13. The number of nitrogens with zero attached hydrogens (tertiary/aromatic N) is 2. The molecule has 0 aliphatic carbocycles. The average molecular weight is 360 g/mol. The van der Waals surface area contributed by atoms with Crippen LogP contribution in [0, 0.1) is 6.92 Å². The summed E-state index contributed by atoms with van der Waals surface area (Å²) in [6.07, 6.45) is 5.81. The summed E-state index contributed by atoms with van der Waals surface area (Å²) < 4.78 is 1.82. The van der Waals surface area contributed by atoms with Crippen LogP contribution in [0.5, 0.6) is 0 Å². The molecule has 0 bridgehead atoms. The van der Waals surface area contributed by atoms with Crippen molar-refractivity contribution in [1.29, 1.82) is 0 Å². The Morgan fingerprint density at radius 3 is 2.04 bits per heavy atom. The van der Waals surface area contributed by atoms with E-state index in [1.54, 1.807) is 0 Å². The van der Waals surface area contributed by atoms with E-state index in [-0.39, 0.29) is 0 Å². The van der Waals surface area contributed by atoms with Gasteiger partial charge in [-0.15, -0.1) is 0 Å². The summed E-state index contributed by atoms with van der Waals surface area (Å²) in [6, 6.07) is 30.0. The Bertz CT molecular complexity index is 1260. The molecule has 28 heavy (non-hydrogen) atoms. The quantitative estimate of drug-likeness (QED) is 0.253. The first-order valence-electron chi connectivity index (χ1n) is 9.49. The molecule has 2 heteroatoms. The highest BCUT2D eigenvalue weighted by Crippen LogP contribution is 2.38. The van der Waals surface area contributed by atoms with Crippen LogP contribution >= 0.6 is 0 Å². The van der Waals surface area contributed by atoms with Crippen molar-refractivity contribution in [1.82, 2.24) is 4.68 Å². The average Bonchev–Trinajstić information content (AvgIpc) is 3.25. The zero-order chi connectivity index (χ0) is 18.9. The lowest BCUT2D eigenvalue weighted by Crippen LogP contribution is -1.94. The summed E-state index contributed by atoms with van der Waals surface area (Å²) in [5, 5.41) is 9.64. The van der Waals surface area contributed by atoms with Crippen molar-refractivity contribution in [3.63, 3.8) is 0 Å². The van der Waals surface area contributed by atoms with Gasteiger partial charge in [0.05, 0.1) is 6.21 Å². The third-order valence-corrected chi connectivity index (χ3v) is 5.34. The van der Waals surface area contributed by atoms with Crippen molar-refractivity contribution >= 4 is 27.8 Å². The van der Waals surface area contributed by atoms with Crippen LogP contribution in [0.25, 0.3) is 32.7 Å². The molecule has 0 unspecified atom stereocenters. The first-order chi connectivity index (χ1) is 13.8. The molecule has 2 nitrogen and oxygen atoms in total. The second-order valence-electron chi connectivity index (χ2n) is 7.02. The van der Waals surface area contributed by atoms with Crippen LogP contribution in [0.15, 0.2) is 102 Å². The highest BCUT2D eigenvalue weighted by molar-refractivity contribution is 6.13. The Kier molecular flexibility index (Phi) is 4.02. The van der Waals surface area contributed by atoms with Gasteiger partial charge in [0.2, 0.25) is 0 Å². The monoisotopic (exact) mass is 360 g/mol. The molecule has 0 spiro atoms. The molecule has 4 aromatic carbocycles. The normalized spacial score (nSPS) is 11.6. The van der Waals surface area contributed by atoms with Gasteiger partial charge in [-0.25, -0.2) is 4.68 Å². The predicted molar refractivity (Wildman–Crippen MR) is 119 cm³/mol. The van der Waals surface area contributed by atoms with Gasteiger partial charge in [-0.05, 0) is 68.9 Å². The van der Waals surface area contributed by atoms with E-state index in [4.69, 9.17) is 0 Å². The maximum absolute atomic E-state index is 4.55. The molecular weight excluding hydrogens is 340 g/mol. The van der Waals surface area contributed by atoms with Crippen molar-refractivity contribution in [3.05, 3.63) is 108 Å². The van der Waals surface area contributed by atoms with Gasteiger partial charge in [0.15, 0.2) is 0 Å². The summed E-state index contributed by atoms with van der Waals surface area (Å²) in [6.45, 7) is 2.18. The van der Waals surface area contributed by atoms with E-state index < -0.39 is 0 Å². The van der Waals surface area contributed by atoms with Gasteiger partial charge in [-0.3, -0.25) is 0 Å². The van der Waals surface area contributed by atoms with Gasteiger partial charge in [0, 0.05) is 12.4 Å². The predicted octanol–water partition coefficient (Wildman–Crippen LogP) is 6.65. The van der Waals surface area contributed by atoms with Crippen molar-refractivity contribution in [2.75, 3.05) is 0 Å². The maximum atomic E-state index is 4.55. The third kappa shape index (κ3) is 2.80. The van der Waals surface area contributed by atoms with Crippen molar-refractivity contribution < 1.29 is 0 Å². The summed E-state index contributed by atoms with van der Waals surface area (Å²) in [5.74, 6) is 0. The van der Waals surface area contributed by atoms with Gasteiger partial charge in [-0.2, -0.15) is 5.10 Å². The minimum Gasteiger partial charge on any atom is -0.248 e. The molecule has 0 aliphatic heterocycles. The van der Waals surface area contributed by atoms with E-state index in [2.05, 4.69) is 84.8 Å². The van der Waals surface area contributed by atoms with Gasteiger partial charge < -0.3 is 0 Å². The number of hydrogen-bond donors (Lipinski definition) is 0. The molecule has 0 atom stereocenters. The molecule has 5 rings (SSSR count). The highest BCUT2D eigenvalue weighted by atomic mass is 15.3. The lowest BCUT2D eigenvalue weighted by Gasteiger charge is -2.15. The van der Waals surface area contributed by atoms with E-state index >= 15 is 0 Å². The first kappa shape index (κ1) is 16.5. The Hall–Kier alpha value is -3.65. The fraction of sp³-hybridized carbons (Fsp3) is 0.0385.